The summed E-state index contributed by atoms with van der Waals surface area (Å²) in [4.78, 5) is 15.4. The highest BCUT2D eigenvalue weighted by Gasteiger charge is 2.14. The van der Waals surface area contributed by atoms with Crippen LogP contribution in [0.2, 0.25) is 0 Å². The van der Waals surface area contributed by atoms with Crippen LogP contribution in [0.5, 0.6) is 11.5 Å². The molecule has 0 amide bonds. The second kappa shape index (κ2) is 5.38. The second-order valence-corrected chi connectivity index (χ2v) is 4.93. The van der Waals surface area contributed by atoms with E-state index >= 15 is 0 Å². The summed E-state index contributed by atoms with van der Waals surface area (Å²) < 4.78 is 15.2. The number of hydrogen-bond acceptors (Lipinski definition) is 7. The zero-order valence-electron chi connectivity index (χ0n) is 10.7. The van der Waals surface area contributed by atoms with Crippen LogP contribution in [0.4, 0.5) is 5.13 Å². The van der Waals surface area contributed by atoms with Gasteiger partial charge in [0.15, 0.2) is 22.3 Å². The Morgan fingerprint density at radius 2 is 2.30 bits per heavy atom. The van der Waals surface area contributed by atoms with Crippen LogP contribution >= 0.6 is 11.3 Å². The summed E-state index contributed by atoms with van der Waals surface area (Å²) in [5.41, 5.74) is 1.36. The van der Waals surface area contributed by atoms with Gasteiger partial charge in [0, 0.05) is 11.9 Å². The lowest BCUT2D eigenvalue weighted by molar-refractivity contribution is 0.0595. The van der Waals surface area contributed by atoms with Gasteiger partial charge in [0.05, 0.1) is 7.11 Å². The lowest BCUT2D eigenvalue weighted by Crippen LogP contribution is -2.03. The van der Waals surface area contributed by atoms with Gasteiger partial charge in [0.25, 0.3) is 0 Å². The number of nitrogens with zero attached hydrogens (tertiary/aromatic N) is 1. The zero-order valence-corrected chi connectivity index (χ0v) is 11.5. The summed E-state index contributed by atoms with van der Waals surface area (Å²) in [7, 11) is 1.33. The van der Waals surface area contributed by atoms with Crippen LogP contribution in [0.15, 0.2) is 23.6 Å². The lowest BCUT2D eigenvalue weighted by Gasteiger charge is -2.04. The molecular weight excluding hydrogens is 280 g/mol. The highest BCUT2D eigenvalue weighted by Crippen LogP contribution is 2.32. The number of hydrogen-bond donors (Lipinski definition) is 1. The Labute approximate surface area is 119 Å². The van der Waals surface area contributed by atoms with Gasteiger partial charge >= 0.3 is 5.97 Å². The Morgan fingerprint density at radius 3 is 3.15 bits per heavy atom. The van der Waals surface area contributed by atoms with E-state index in [0.717, 1.165) is 17.1 Å². The summed E-state index contributed by atoms with van der Waals surface area (Å²) >= 11 is 1.36. The summed E-state index contributed by atoms with van der Waals surface area (Å²) in [6.07, 6.45) is 0. The first kappa shape index (κ1) is 12.7. The van der Waals surface area contributed by atoms with Gasteiger partial charge in [-0.1, -0.05) is 6.07 Å². The number of esters is 1. The van der Waals surface area contributed by atoms with E-state index in [1.165, 1.54) is 18.4 Å². The molecule has 20 heavy (non-hydrogen) atoms. The molecule has 1 N–H and O–H groups in total. The lowest BCUT2D eigenvalue weighted by atomic mass is 10.2. The predicted octanol–water partition coefficient (Wildman–Crippen LogP) is 2.27. The van der Waals surface area contributed by atoms with Gasteiger partial charge in [-0.25, -0.2) is 9.78 Å². The van der Waals surface area contributed by atoms with E-state index in [-0.39, 0.29) is 6.79 Å². The van der Waals surface area contributed by atoms with Crippen LogP contribution in [-0.2, 0) is 11.3 Å². The number of thiazole rings is 1. The van der Waals surface area contributed by atoms with E-state index in [1.54, 1.807) is 5.38 Å². The SMILES string of the molecule is COC(=O)c1csc(NCc2ccc3c(c2)OCO3)n1. The van der Waals surface area contributed by atoms with E-state index in [1.807, 2.05) is 18.2 Å². The first-order valence-corrected chi connectivity index (χ1v) is 6.80. The van der Waals surface area contributed by atoms with Crippen molar-refractivity contribution in [1.29, 1.82) is 0 Å². The van der Waals surface area contributed by atoms with Crippen molar-refractivity contribution < 1.29 is 19.0 Å². The minimum Gasteiger partial charge on any atom is -0.464 e. The topological polar surface area (TPSA) is 69.7 Å². The van der Waals surface area contributed by atoms with Crippen LogP contribution in [0.3, 0.4) is 0 Å². The molecule has 0 aliphatic carbocycles. The number of nitrogens with one attached hydrogen (secondary N) is 1. The smallest absolute Gasteiger partial charge is 0.357 e. The molecule has 104 valence electrons. The van der Waals surface area contributed by atoms with Gasteiger partial charge in [-0.05, 0) is 17.7 Å². The fourth-order valence-corrected chi connectivity index (χ4v) is 2.46. The van der Waals surface area contributed by atoms with E-state index in [9.17, 15) is 4.79 Å². The molecule has 1 aromatic heterocycles. The van der Waals surface area contributed by atoms with Crippen molar-refractivity contribution in [3.8, 4) is 11.5 Å². The molecule has 6 nitrogen and oxygen atoms in total. The standard InChI is InChI=1S/C13H12N2O4S/c1-17-12(16)9-6-20-13(15-9)14-5-8-2-3-10-11(4-8)19-7-18-10/h2-4,6H,5,7H2,1H3,(H,14,15). The molecule has 0 saturated carbocycles. The minimum absolute atomic E-state index is 0.265. The first-order chi connectivity index (χ1) is 9.76. The van der Waals surface area contributed by atoms with Crippen LogP contribution < -0.4 is 14.8 Å². The van der Waals surface area contributed by atoms with Crippen molar-refractivity contribution in [2.45, 2.75) is 6.54 Å². The molecule has 7 heteroatoms. The Hall–Kier alpha value is -2.28. The summed E-state index contributed by atoms with van der Waals surface area (Å²) in [5, 5.41) is 5.48. The molecule has 1 aliphatic heterocycles. The van der Waals surface area contributed by atoms with Crippen molar-refractivity contribution in [2.24, 2.45) is 0 Å². The fraction of sp³-hybridized carbons (Fsp3) is 0.231. The normalized spacial score (nSPS) is 12.2. The third kappa shape index (κ3) is 2.53. The summed E-state index contributed by atoms with van der Waals surface area (Å²) in [6, 6.07) is 5.75. The molecule has 1 aromatic carbocycles. The van der Waals surface area contributed by atoms with Crippen molar-refractivity contribution in [3.63, 3.8) is 0 Å². The molecule has 0 spiro atoms. The number of carbonyl (C=O) groups excluding carboxylic acids is 1. The molecule has 3 rings (SSSR count). The minimum atomic E-state index is -0.433. The molecule has 0 radical (unpaired) electrons. The Kier molecular flexibility index (Phi) is 3.42. The molecule has 2 heterocycles. The number of ether oxygens (including phenoxy) is 3. The monoisotopic (exact) mass is 292 g/mol. The maximum Gasteiger partial charge on any atom is 0.357 e. The number of fused-ring (bicyclic) bond motifs is 1. The predicted molar refractivity (Wildman–Crippen MR) is 73.3 cm³/mol. The van der Waals surface area contributed by atoms with E-state index in [2.05, 4.69) is 15.0 Å². The van der Waals surface area contributed by atoms with Gasteiger partial charge in [-0.15, -0.1) is 11.3 Å². The van der Waals surface area contributed by atoms with Crippen molar-refractivity contribution in [1.82, 2.24) is 4.98 Å². The van der Waals surface area contributed by atoms with E-state index in [4.69, 9.17) is 9.47 Å². The fourth-order valence-electron chi connectivity index (χ4n) is 1.78. The largest absolute Gasteiger partial charge is 0.464 e. The Balaban J connectivity index is 1.64. The van der Waals surface area contributed by atoms with Gasteiger partial charge < -0.3 is 19.5 Å². The third-order valence-corrected chi connectivity index (χ3v) is 3.58. The van der Waals surface area contributed by atoms with Gasteiger partial charge in [0.1, 0.15) is 0 Å². The number of benzene rings is 1. The van der Waals surface area contributed by atoms with Crippen LogP contribution in [0, 0.1) is 0 Å². The van der Waals surface area contributed by atoms with Crippen LogP contribution in [0.1, 0.15) is 16.1 Å². The van der Waals surface area contributed by atoms with E-state index in [0.29, 0.717) is 17.4 Å². The summed E-state index contributed by atoms with van der Waals surface area (Å²) in [6.45, 7) is 0.853. The molecule has 2 aromatic rings. The second-order valence-electron chi connectivity index (χ2n) is 4.07. The number of aromatic nitrogens is 1. The highest BCUT2D eigenvalue weighted by atomic mass is 32.1. The zero-order chi connectivity index (χ0) is 13.9. The molecule has 0 bridgehead atoms. The van der Waals surface area contributed by atoms with Crippen molar-refractivity contribution in [3.05, 3.63) is 34.8 Å². The molecule has 1 aliphatic rings. The maximum absolute atomic E-state index is 11.3. The Morgan fingerprint density at radius 1 is 1.45 bits per heavy atom. The quantitative estimate of drug-likeness (QED) is 0.872. The maximum atomic E-state index is 11.3. The average Bonchev–Trinajstić information content (AvgIpc) is 3.12. The van der Waals surface area contributed by atoms with Gasteiger partial charge in [-0.3, -0.25) is 0 Å². The molecule has 0 atom stereocenters. The average molecular weight is 292 g/mol. The number of carbonyl (C=O) groups is 1. The molecule has 0 unspecified atom stereocenters. The first-order valence-electron chi connectivity index (χ1n) is 5.92. The van der Waals surface area contributed by atoms with Gasteiger partial charge in [-0.2, -0.15) is 0 Å². The molecular formula is C13H12N2O4S. The third-order valence-electron chi connectivity index (χ3n) is 2.78. The van der Waals surface area contributed by atoms with Crippen LogP contribution in [-0.4, -0.2) is 24.9 Å². The number of anilines is 1. The van der Waals surface area contributed by atoms with Crippen LogP contribution in [0.25, 0.3) is 0 Å². The summed E-state index contributed by atoms with van der Waals surface area (Å²) in [5.74, 6) is 1.08. The molecule has 0 saturated heterocycles. The molecule has 0 fully saturated rings. The van der Waals surface area contributed by atoms with Crippen molar-refractivity contribution >= 4 is 22.4 Å². The Bertz CT molecular complexity index is 641. The van der Waals surface area contributed by atoms with Crippen molar-refractivity contribution in [2.75, 3.05) is 19.2 Å². The number of methoxy groups -OCH3 is 1. The van der Waals surface area contributed by atoms with E-state index < -0.39 is 5.97 Å². The highest BCUT2D eigenvalue weighted by molar-refractivity contribution is 7.13. The van der Waals surface area contributed by atoms with Gasteiger partial charge in [0.2, 0.25) is 6.79 Å². The number of rotatable bonds is 4.